The zero-order valence-corrected chi connectivity index (χ0v) is 14.7. The second kappa shape index (κ2) is 7.83. The molecule has 2 saturated heterocycles. The average Bonchev–Trinajstić information content (AvgIpc) is 2.65. The van der Waals surface area contributed by atoms with Crippen LogP contribution in [0.15, 0.2) is 30.3 Å². The van der Waals surface area contributed by atoms with E-state index in [2.05, 4.69) is 4.90 Å². The quantitative estimate of drug-likeness (QED) is 0.733. The number of hydrogen-bond acceptors (Lipinski definition) is 5. The standard InChI is InChI=1S/C19H28N2O4/c1-13-17(23)18(24)16(22)12-21(13)11-14-7-9-20(10-8-14)19(25)15-5-3-2-4-6-15/h2-6,13-14,16-18,22-24H,7-12H2,1H3/t13-,16+,17-,18-/m1/s1. The lowest BCUT2D eigenvalue weighted by Gasteiger charge is -2.44. The number of hydrogen-bond donors (Lipinski definition) is 3. The molecule has 0 bridgehead atoms. The molecule has 25 heavy (non-hydrogen) atoms. The Bertz CT molecular complexity index is 574. The van der Waals surface area contributed by atoms with Gasteiger partial charge in [0.2, 0.25) is 0 Å². The number of aliphatic hydroxyl groups is 3. The molecule has 1 amide bonds. The Hall–Kier alpha value is -1.47. The highest BCUT2D eigenvalue weighted by Crippen LogP contribution is 2.25. The second-order valence-electron chi connectivity index (χ2n) is 7.34. The number of benzene rings is 1. The summed E-state index contributed by atoms with van der Waals surface area (Å²) < 4.78 is 0. The molecule has 6 heteroatoms. The number of rotatable bonds is 3. The summed E-state index contributed by atoms with van der Waals surface area (Å²) in [4.78, 5) is 16.5. The molecule has 1 aromatic rings. The Labute approximate surface area is 148 Å². The highest BCUT2D eigenvalue weighted by atomic mass is 16.4. The SMILES string of the molecule is C[C@@H]1[C@@H](O)[C@H](O)[C@@H](O)CN1CC1CCN(C(=O)c2ccccc2)CC1. The molecule has 2 fully saturated rings. The molecule has 2 heterocycles. The van der Waals surface area contributed by atoms with Crippen LogP contribution in [-0.2, 0) is 0 Å². The molecule has 4 atom stereocenters. The van der Waals surface area contributed by atoms with Crippen LogP contribution in [0.25, 0.3) is 0 Å². The number of aliphatic hydroxyl groups excluding tert-OH is 3. The van der Waals surface area contributed by atoms with Crippen LogP contribution in [0.5, 0.6) is 0 Å². The third-order valence-electron chi connectivity index (χ3n) is 5.65. The van der Waals surface area contributed by atoms with Crippen LogP contribution in [-0.4, -0.2) is 81.6 Å². The first-order valence-corrected chi connectivity index (χ1v) is 9.10. The molecular weight excluding hydrogens is 320 g/mol. The molecule has 138 valence electrons. The van der Waals surface area contributed by atoms with Gasteiger partial charge in [-0.15, -0.1) is 0 Å². The Morgan fingerprint density at radius 2 is 1.72 bits per heavy atom. The van der Waals surface area contributed by atoms with Crippen molar-refractivity contribution in [3.05, 3.63) is 35.9 Å². The Morgan fingerprint density at radius 1 is 1.08 bits per heavy atom. The van der Waals surface area contributed by atoms with Crippen LogP contribution in [0.2, 0.25) is 0 Å². The predicted molar refractivity (Wildman–Crippen MR) is 94.1 cm³/mol. The predicted octanol–water partition coefficient (Wildman–Crippen LogP) is 0.326. The molecule has 2 aliphatic rings. The van der Waals surface area contributed by atoms with Crippen LogP contribution in [0.4, 0.5) is 0 Å². The van der Waals surface area contributed by atoms with Crippen molar-refractivity contribution < 1.29 is 20.1 Å². The zero-order chi connectivity index (χ0) is 18.0. The number of piperidine rings is 2. The van der Waals surface area contributed by atoms with E-state index in [1.807, 2.05) is 42.2 Å². The molecule has 3 N–H and O–H groups in total. The minimum Gasteiger partial charge on any atom is -0.389 e. The Kier molecular flexibility index (Phi) is 5.74. The van der Waals surface area contributed by atoms with Crippen molar-refractivity contribution in [3.63, 3.8) is 0 Å². The fraction of sp³-hybridized carbons (Fsp3) is 0.632. The highest BCUT2D eigenvalue weighted by Gasteiger charge is 2.39. The summed E-state index contributed by atoms with van der Waals surface area (Å²) in [6.07, 6.45) is -1.08. The van der Waals surface area contributed by atoms with Gasteiger partial charge in [0.05, 0.1) is 12.2 Å². The summed E-state index contributed by atoms with van der Waals surface area (Å²) in [5, 5.41) is 29.7. The summed E-state index contributed by atoms with van der Waals surface area (Å²) in [6.45, 7) is 4.49. The minimum atomic E-state index is -1.07. The zero-order valence-electron chi connectivity index (χ0n) is 14.7. The van der Waals surface area contributed by atoms with Gasteiger partial charge in [-0.3, -0.25) is 9.69 Å². The lowest BCUT2D eigenvalue weighted by atomic mass is 9.90. The summed E-state index contributed by atoms with van der Waals surface area (Å²) in [5.74, 6) is 0.510. The summed E-state index contributed by atoms with van der Waals surface area (Å²) >= 11 is 0. The third kappa shape index (κ3) is 4.03. The first-order valence-electron chi connectivity index (χ1n) is 9.10. The molecule has 1 aromatic carbocycles. The molecule has 0 radical (unpaired) electrons. The Morgan fingerprint density at radius 3 is 2.36 bits per heavy atom. The number of nitrogens with zero attached hydrogens (tertiary/aromatic N) is 2. The maximum Gasteiger partial charge on any atom is 0.253 e. The van der Waals surface area contributed by atoms with Gasteiger partial charge in [0, 0.05) is 37.8 Å². The second-order valence-corrected chi connectivity index (χ2v) is 7.34. The first-order chi connectivity index (χ1) is 12.0. The van der Waals surface area contributed by atoms with E-state index >= 15 is 0 Å². The van der Waals surface area contributed by atoms with E-state index in [0.29, 0.717) is 12.5 Å². The van der Waals surface area contributed by atoms with Gasteiger partial charge in [-0.05, 0) is 37.8 Å². The van der Waals surface area contributed by atoms with Gasteiger partial charge in [0.15, 0.2) is 0 Å². The van der Waals surface area contributed by atoms with E-state index in [9.17, 15) is 20.1 Å². The fourth-order valence-corrected chi connectivity index (χ4v) is 3.90. The number of β-amino-alcohol motifs (C(OH)–C–C–N with tert-alkyl or cyclic N) is 1. The van der Waals surface area contributed by atoms with E-state index < -0.39 is 18.3 Å². The minimum absolute atomic E-state index is 0.0827. The van der Waals surface area contributed by atoms with E-state index in [0.717, 1.165) is 38.0 Å². The van der Waals surface area contributed by atoms with Gasteiger partial charge in [-0.2, -0.15) is 0 Å². The van der Waals surface area contributed by atoms with Crippen molar-refractivity contribution in [1.82, 2.24) is 9.80 Å². The van der Waals surface area contributed by atoms with Gasteiger partial charge < -0.3 is 20.2 Å². The van der Waals surface area contributed by atoms with E-state index in [-0.39, 0.29) is 11.9 Å². The van der Waals surface area contributed by atoms with Crippen LogP contribution < -0.4 is 0 Å². The van der Waals surface area contributed by atoms with Crippen molar-refractivity contribution in [2.24, 2.45) is 5.92 Å². The maximum absolute atomic E-state index is 12.5. The molecule has 0 unspecified atom stereocenters. The lowest BCUT2D eigenvalue weighted by molar-refractivity contribution is -0.136. The monoisotopic (exact) mass is 348 g/mol. The topological polar surface area (TPSA) is 84.2 Å². The normalized spacial score (nSPS) is 31.9. The third-order valence-corrected chi connectivity index (χ3v) is 5.65. The van der Waals surface area contributed by atoms with E-state index in [4.69, 9.17) is 0 Å². The lowest BCUT2D eigenvalue weighted by Crippen LogP contribution is -2.61. The first kappa shape index (κ1) is 18.3. The molecule has 0 saturated carbocycles. The van der Waals surface area contributed by atoms with Gasteiger partial charge in [-0.25, -0.2) is 0 Å². The summed E-state index contributed by atoms with van der Waals surface area (Å²) in [7, 11) is 0. The number of amides is 1. The van der Waals surface area contributed by atoms with Crippen LogP contribution >= 0.6 is 0 Å². The molecular formula is C19H28N2O4. The molecule has 0 spiro atoms. The van der Waals surface area contributed by atoms with Crippen molar-refractivity contribution >= 4 is 5.91 Å². The van der Waals surface area contributed by atoms with Gasteiger partial charge in [0.1, 0.15) is 6.10 Å². The molecule has 2 aliphatic heterocycles. The number of carbonyl (C=O) groups is 1. The number of carbonyl (C=O) groups excluding carboxylic acids is 1. The van der Waals surface area contributed by atoms with E-state index in [1.165, 1.54) is 0 Å². The van der Waals surface area contributed by atoms with E-state index in [1.54, 1.807) is 0 Å². The van der Waals surface area contributed by atoms with Crippen LogP contribution in [0.1, 0.15) is 30.1 Å². The Balaban J connectivity index is 1.52. The summed E-state index contributed by atoms with van der Waals surface area (Å²) in [5.41, 5.74) is 0.728. The van der Waals surface area contributed by atoms with Crippen LogP contribution in [0, 0.1) is 5.92 Å². The largest absolute Gasteiger partial charge is 0.389 e. The van der Waals surface area contributed by atoms with Crippen molar-refractivity contribution in [1.29, 1.82) is 0 Å². The van der Waals surface area contributed by atoms with Crippen LogP contribution in [0.3, 0.4) is 0 Å². The average molecular weight is 348 g/mol. The fourth-order valence-electron chi connectivity index (χ4n) is 3.90. The van der Waals surface area contributed by atoms with Crippen molar-refractivity contribution in [2.75, 3.05) is 26.2 Å². The smallest absolute Gasteiger partial charge is 0.253 e. The van der Waals surface area contributed by atoms with Gasteiger partial charge >= 0.3 is 0 Å². The molecule has 3 rings (SSSR count). The van der Waals surface area contributed by atoms with Crippen molar-refractivity contribution in [2.45, 2.75) is 44.1 Å². The van der Waals surface area contributed by atoms with Crippen molar-refractivity contribution in [3.8, 4) is 0 Å². The molecule has 6 nitrogen and oxygen atoms in total. The number of likely N-dealkylation sites (tertiary alicyclic amines) is 2. The summed E-state index contributed by atoms with van der Waals surface area (Å²) in [6, 6.07) is 9.17. The molecule has 0 aromatic heterocycles. The highest BCUT2D eigenvalue weighted by molar-refractivity contribution is 5.94. The maximum atomic E-state index is 12.5. The van der Waals surface area contributed by atoms with Gasteiger partial charge in [-0.1, -0.05) is 18.2 Å². The van der Waals surface area contributed by atoms with Gasteiger partial charge in [0.25, 0.3) is 5.91 Å². The molecule has 0 aliphatic carbocycles.